The summed E-state index contributed by atoms with van der Waals surface area (Å²) in [5.74, 6) is 7.18. The van der Waals surface area contributed by atoms with E-state index in [0.717, 1.165) is 23.3 Å². The Hall–Kier alpha value is -2.24. The van der Waals surface area contributed by atoms with Crippen molar-refractivity contribution >= 4 is 0 Å². The highest BCUT2D eigenvalue weighted by molar-refractivity contribution is 5.44. The lowest BCUT2D eigenvalue weighted by Gasteiger charge is -2.05. The normalized spacial score (nSPS) is 10.0. The van der Waals surface area contributed by atoms with Gasteiger partial charge in [-0.25, -0.2) is 0 Å². The van der Waals surface area contributed by atoms with Crippen LogP contribution in [0.1, 0.15) is 43.4 Å². The van der Waals surface area contributed by atoms with Crippen LogP contribution >= 0.6 is 0 Å². The number of benzene rings is 2. The lowest BCUT2D eigenvalue weighted by molar-refractivity contribution is 0.0224. The molecule has 2 rings (SSSR count). The van der Waals surface area contributed by atoms with E-state index >= 15 is 0 Å². The molecule has 0 unspecified atom stereocenters. The Kier molecular flexibility index (Phi) is 7.23. The van der Waals surface area contributed by atoms with Gasteiger partial charge in [-0.05, 0) is 61.7 Å². The molecule has 120 valence electrons. The molecule has 0 aliphatic heterocycles. The Morgan fingerprint density at radius 2 is 1.43 bits per heavy atom. The van der Waals surface area contributed by atoms with Crippen LogP contribution in [0, 0.1) is 11.8 Å². The molecule has 2 nitrogen and oxygen atoms in total. The summed E-state index contributed by atoms with van der Waals surface area (Å²) in [6.07, 6.45) is 3.61. The molecule has 23 heavy (non-hydrogen) atoms. The molecular formula is C21H24O2. The molecule has 0 spiro atoms. The van der Waals surface area contributed by atoms with Crippen molar-refractivity contribution in [3.63, 3.8) is 0 Å². The van der Waals surface area contributed by atoms with Crippen molar-refractivity contribution < 1.29 is 9.47 Å². The Bertz CT molecular complexity index is 630. The number of hydrogen-bond acceptors (Lipinski definition) is 2. The SMILES string of the molecule is CCCCc1ccc(C#Cc2ccc(OCOCC)cc2)cc1. The summed E-state index contributed by atoms with van der Waals surface area (Å²) in [5, 5.41) is 0. The van der Waals surface area contributed by atoms with Gasteiger partial charge in [0, 0.05) is 17.7 Å². The van der Waals surface area contributed by atoms with Gasteiger partial charge in [0.2, 0.25) is 0 Å². The summed E-state index contributed by atoms with van der Waals surface area (Å²) in [6, 6.07) is 16.3. The monoisotopic (exact) mass is 308 g/mol. The van der Waals surface area contributed by atoms with Gasteiger partial charge in [0.05, 0.1) is 0 Å². The molecule has 0 aromatic heterocycles. The van der Waals surface area contributed by atoms with Gasteiger partial charge in [0.1, 0.15) is 5.75 Å². The summed E-state index contributed by atoms with van der Waals surface area (Å²) in [4.78, 5) is 0. The lowest BCUT2D eigenvalue weighted by atomic mass is 10.1. The fraction of sp³-hybridized carbons (Fsp3) is 0.333. The van der Waals surface area contributed by atoms with Crippen molar-refractivity contribution in [1.82, 2.24) is 0 Å². The van der Waals surface area contributed by atoms with E-state index in [0.29, 0.717) is 6.61 Å². The highest BCUT2D eigenvalue weighted by Gasteiger charge is 1.94. The van der Waals surface area contributed by atoms with Crippen LogP contribution < -0.4 is 4.74 Å². The maximum atomic E-state index is 5.44. The standard InChI is InChI=1S/C21H24O2/c1-3-5-6-18-7-9-19(10-8-18)11-12-20-13-15-21(16-14-20)23-17-22-4-2/h7-10,13-16H,3-6,17H2,1-2H3. The second kappa shape index (κ2) is 9.71. The predicted octanol–water partition coefficient (Wildman–Crippen LogP) is 4.80. The van der Waals surface area contributed by atoms with Crippen LogP contribution in [0.25, 0.3) is 0 Å². The summed E-state index contributed by atoms with van der Waals surface area (Å²) >= 11 is 0. The second-order valence-electron chi connectivity index (χ2n) is 5.33. The van der Waals surface area contributed by atoms with E-state index in [1.165, 1.54) is 18.4 Å². The highest BCUT2D eigenvalue weighted by Crippen LogP contribution is 2.12. The smallest absolute Gasteiger partial charge is 0.189 e. The Balaban J connectivity index is 1.93. The molecule has 0 aliphatic carbocycles. The molecule has 0 radical (unpaired) electrons. The average Bonchev–Trinajstić information content (AvgIpc) is 2.60. The fourth-order valence-electron chi connectivity index (χ4n) is 2.11. The molecule has 0 heterocycles. The van der Waals surface area contributed by atoms with Crippen LogP contribution in [0.5, 0.6) is 5.75 Å². The Morgan fingerprint density at radius 1 is 0.826 bits per heavy atom. The maximum Gasteiger partial charge on any atom is 0.189 e. The van der Waals surface area contributed by atoms with Gasteiger partial charge >= 0.3 is 0 Å². The van der Waals surface area contributed by atoms with E-state index in [9.17, 15) is 0 Å². The van der Waals surface area contributed by atoms with Crippen LogP contribution in [-0.2, 0) is 11.2 Å². The quantitative estimate of drug-likeness (QED) is 0.415. The molecule has 0 fully saturated rings. The van der Waals surface area contributed by atoms with Crippen LogP contribution in [0.15, 0.2) is 48.5 Å². The summed E-state index contributed by atoms with van der Waals surface area (Å²) < 4.78 is 10.6. The summed E-state index contributed by atoms with van der Waals surface area (Å²) in [5.41, 5.74) is 3.40. The van der Waals surface area contributed by atoms with Gasteiger partial charge in [-0.15, -0.1) is 0 Å². The second-order valence-corrected chi connectivity index (χ2v) is 5.33. The molecule has 0 amide bonds. The summed E-state index contributed by atoms with van der Waals surface area (Å²) in [7, 11) is 0. The van der Waals surface area contributed by atoms with Crippen LogP contribution in [-0.4, -0.2) is 13.4 Å². The Morgan fingerprint density at radius 3 is 2.00 bits per heavy atom. The predicted molar refractivity (Wildman–Crippen MR) is 94.6 cm³/mol. The first-order valence-electron chi connectivity index (χ1n) is 8.23. The number of aryl methyl sites for hydroxylation is 1. The lowest BCUT2D eigenvalue weighted by Crippen LogP contribution is -2.01. The van der Waals surface area contributed by atoms with Gasteiger partial charge in [-0.1, -0.05) is 37.3 Å². The minimum atomic E-state index is 0.284. The topological polar surface area (TPSA) is 18.5 Å². The minimum Gasteiger partial charge on any atom is -0.468 e. The van der Waals surface area contributed by atoms with E-state index in [2.05, 4.69) is 43.0 Å². The molecule has 2 aromatic rings. The zero-order valence-corrected chi connectivity index (χ0v) is 14.0. The zero-order valence-electron chi connectivity index (χ0n) is 14.0. The van der Waals surface area contributed by atoms with E-state index in [1.54, 1.807) is 0 Å². The molecule has 0 N–H and O–H groups in total. The van der Waals surface area contributed by atoms with Crippen molar-refractivity contribution in [2.24, 2.45) is 0 Å². The van der Waals surface area contributed by atoms with Crippen LogP contribution in [0.2, 0.25) is 0 Å². The highest BCUT2D eigenvalue weighted by atomic mass is 16.7. The zero-order chi connectivity index (χ0) is 16.3. The average molecular weight is 308 g/mol. The molecule has 0 saturated carbocycles. The molecule has 0 atom stereocenters. The third kappa shape index (κ3) is 6.18. The first-order valence-corrected chi connectivity index (χ1v) is 8.23. The van der Waals surface area contributed by atoms with E-state index < -0.39 is 0 Å². The largest absolute Gasteiger partial charge is 0.468 e. The molecule has 0 aliphatic rings. The molecule has 0 bridgehead atoms. The van der Waals surface area contributed by atoms with E-state index in [1.807, 2.05) is 31.2 Å². The number of rotatable bonds is 7. The van der Waals surface area contributed by atoms with Gasteiger partial charge in [-0.3, -0.25) is 0 Å². The first-order chi connectivity index (χ1) is 11.3. The number of ether oxygens (including phenoxy) is 2. The van der Waals surface area contributed by atoms with Crippen LogP contribution in [0.4, 0.5) is 0 Å². The third-order valence-electron chi connectivity index (χ3n) is 3.49. The molecule has 2 aromatic carbocycles. The van der Waals surface area contributed by atoms with Crippen molar-refractivity contribution in [3.8, 4) is 17.6 Å². The molecular weight excluding hydrogens is 284 g/mol. The van der Waals surface area contributed by atoms with Crippen molar-refractivity contribution in [2.75, 3.05) is 13.4 Å². The molecule has 2 heteroatoms. The molecule has 0 saturated heterocycles. The van der Waals surface area contributed by atoms with E-state index in [-0.39, 0.29) is 6.79 Å². The Labute approximate surface area is 139 Å². The fourth-order valence-corrected chi connectivity index (χ4v) is 2.11. The number of hydrogen-bond donors (Lipinski definition) is 0. The van der Waals surface area contributed by atoms with Gasteiger partial charge in [0.25, 0.3) is 0 Å². The number of unbranched alkanes of at least 4 members (excludes halogenated alkanes) is 1. The summed E-state index contributed by atoms with van der Waals surface area (Å²) in [6.45, 7) is 5.10. The first kappa shape index (κ1) is 17.1. The van der Waals surface area contributed by atoms with Crippen molar-refractivity contribution in [3.05, 3.63) is 65.2 Å². The van der Waals surface area contributed by atoms with Crippen molar-refractivity contribution in [1.29, 1.82) is 0 Å². The third-order valence-corrected chi connectivity index (χ3v) is 3.49. The van der Waals surface area contributed by atoms with Crippen molar-refractivity contribution in [2.45, 2.75) is 33.1 Å². The van der Waals surface area contributed by atoms with Crippen LogP contribution in [0.3, 0.4) is 0 Å². The van der Waals surface area contributed by atoms with Gasteiger partial charge in [-0.2, -0.15) is 0 Å². The van der Waals surface area contributed by atoms with E-state index in [4.69, 9.17) is 9.47 Å². The maximum absolute atomic E-state index is 5.44. The van der Waals surface area contributed by atoms with Gasteiger partial charge in [0.15, 0.2) is 6.79 Å². The minimum absolute atomic E-state index is 0.284. The van der Waals surface area contributed by atoms with Gasteiger partial charge < -0.3 is 9.47 Å².